The molecule has 1 spiro atoms. The number of hydrogen-bond acceptors (Lipinski definition) is 10. The third-order valence-corrected chi connectivity index (χ3v) is 5.00. The second kappa shape index (κ2) is 3.66. The number of aliphatic hydroxyl groups excluding tert-OH is 3. The molecule has 21 heavy (non-hydrogen) atoms. The molecule has 4 fully saturated rings. The zero-order chi connectivity index (χ0) is 15.2. The van der Waals surface area contributed by atoms with Crippen LogP contribution in [0.5, 0.6) is 0 Å². The zero-order valence-electron chi connectivity index (χ0n) is 10.7. The Bertz CT molecular complexity index is 532. The molecule has 4 aliphatic heterocycles. The summed E-state index contributed by atoms with van der Waals surface area (Å²) < 4.78 is 10.4. The average molecular weight is 302 g/mol. The molecule has 8 N–H and O–H groups in total. The standard InChI is InChI=1S/C11H16N3O7/c12-8-13-1-3-5-9(18,2-15)6-4(16)10(3,14-8)7(17)11(19,20-5)21-6/h1,3-7,15-19H,2H2,(H3,12,13,14)/t3?,4-,5?,6?,7+,9?,10?,11?/m1/s1. The lowest BCUT2D eigenvalue weighted by Gasteiger charge is -2.70. The Balaban J connectivity index is 1.92. The number of ether oxygens (including phenoxy) is 2. The summed E-state index contributed by atoms with van der Waals surface area (Å²) in [7, 11) is 0. The van der Waals surface area contributed by atoms with Crippen LogP contribution in [0.25, 0.3) is 0 Å². The van der Waals surface area contributed by atoms with Crippen molar-refractivity contribution in [2.45, 2.75) is 41.5 Å². The Labute approximate surface area is 118 Å². The van der Waals surface area contributed by atoms with Gasteiger partial charge < -0.3 is 46.1 Å². The largest absolute Gasteiger partial charge is 0.393 e. The number of aliphatic imine (C=N–C) groups is 1. The molecular weight excluding hydrogens is 286 g/mol. The van der Waals surface area contributed by atoms with Crippen LogP contribution in [0, 0.1) is 12.5 Å². The van der Waals surface area contributed by atoms with E-state index in [4.69, 9.17) is 15.2 Å². The molecule has 4 bridgehead atoms. The summed E-state index contributed by atoms with van der Waals surface area (Å²) in [5.74, 6) is -3.29. The molecule has 117 valence electrons. The fraction of sp³-hybridized carbons (Fsp3) is 0.818. The summed E-state index contributed by atoms with van der Waals surface area (Å²) in [5, 5.41) is 54.1. The highest BCUT2D eigenvalue weighted by Gasteiger charge is 2.81. The van der Waals surface area contributed by atoms with Crippen molar-refractivity contribution >= 4 is 5.96 Å². The van der Waals surface area contributed by atoms with Crippen LogP contribution in [0.15, 0.2) is 4.99 Å². The molecule has 0 aromatic heterocycles. The summed E-state index contributed by atoms with van der Waals surface area (Å²) in [6.07, 6.45) is -5.63. The fourth-order valence-corrected chi connectivity index (χ4v) is 3.97. The third-order valence-electron chi connectivity index (χ3n) is 5.00. The maximum Gasteiger partial charge on any atom is 0.311 e. The number of guanidine groups is 1. The van der Waals surface area contributed by atoms with Crippen LogP contribution >= 0.6 is 0 Å². The lowest BCUT2D eigenvalue weighted by Crippen LogP contribution is -2.94. The minimum Gasteiger partial charge on any atom is -0.393 e. The maximum absolute atomic E-state index is 10.6. The number of hydrogen-bond donors (Lipinski definition) is 7. The van der Waals surface area contributed by atoms with Crippen molar-refractivity contribution in [2.75, 3.05) is 6.61 Å². The van der Waals surface area contributed by atoms with Gasteiger partial charge in [-0.15, -0.1) is 0 Å². The predicted octanol–water partition coefficient (Wildman–Crippen LogP) is -4.68. The Hall–Kier alpha value is -1.01. The van der Waals surface area contributed by atoms with Gasteiger partial charge in [-0.25, -0.2) is 4.99 Å². The topological polar surface area (TPSA) is 170 Å². The molecule has 10 heteroatoms. The van der Waals surface area contributed by atoms with Gasteiger partial charge in [0.25, 0.3) is 0 Å². The molecule has 6 unspecified atom stereocenters. The molecule has 5 aliphatic rings. The van der Waals surface area contributed by atoms with Crippen LogP contribution in [0.2, 0.25) is 0 Å². The molecule has 0 aromatic rings. The van der Waals surface area contributed by atoms with Crippen molar-refractivity contribution in [3.63, 3.8) is 0 Å². The fourth-order valence-electron chi connectivity index (χ4n) is 3.97. The van der Waals surface area contributed by atoms with Gasteiger partial charge in [0.05, 0.1) is 13.2 Å². The first-order valence-electron chi connectivity index (χ1n) is 6.52. The minimum atomic E-state index is -2.41. The summed E-state index contributed by atoms with van der Waals surface area (Å²) in [6.45, 7) is 0.565. The molecule has 3 saturated heterocycles. The van der Waals surface area contributed by atoms with Gasteiger partial charge in [-0.05, 0) is 0 Å². The molecular formula is C11H16N3O7. The van der Waals surface area contributed by atoms with Crippen LogP contribution in [-0.2, 0) is 9.47 Å². The summed E-state index contributed by atoms with van der Waals surface area (Å²) in [5.41, 5.74) is 2.15. The lowest BCUT2D eigenvalue weighted by molar-refractivity contribution is -0.543. The molecule has 1 radical (unpaired) electrons. The first-order valence-corrected chi connectivity index (χ1v) is 6.52. The van der Waals surface area contributed by atoms with Crippen molar-refractivity contribution in [3.05, 3.63) is 6.54 Å². The van der Waals surface area contributed by atoms with Gasteiger partial charge in [-0.2, -0.15) is 0 Å². The van der Waals surface area contributed by atoms with E-state index < -0.39 is 54.1 Å². The van der Waals surface area contributed by atoms with E-state index in [0.29, 0.717) is 0 Å². The quantitative estimate of drug-likeness (QED) is 0.251. The SMILES string of the molecule is NC1=N[CH]C2C3OC4(O)OC([C@@H](O)C2(N1)[C@@H]4O)C3(O)CO. The summed E-state index contributed by atoms with van der Waals surface area (Å²) in [6, 6.07) is 0. The average Bonchev–Trinajstić information content (AvgIpc) is 2.45. The monoisotopic (exact) mass is 302 g/mol. The smallest absolute Gasteiger partial charge is 0.311 e. The van der Waals surface area contributed by atoms with E-state index in [2.05, 4.69) is 10.3 Å². The maximum atomic E-state index is 10.6. The first-order chi connectivity index (χ1) is 9.79. The Morgan fingerprint density at radius 1 is 1.29 bits per heavy atom. The zero-order valence-corrected chi connectivity index (χ0v) is 10.7. The second-order valence-electron chi connectivity index (χ2n) is 5.95. The van der Waals surface area contributed by atoms with Crippen molar-refractivity contribution in [1.82, 2.24) is 5.32 Å². The number of rotatable bonds is 1. The second-order valence-corrected chi connectivity index (χ2v) is 5.95. The van der Waals surface area contributed by atoms with Gasteiger partial charge in [-0.1, -0.05) is 0 Å². The highest BCUT2D eigenvalue weighted by atomic mass is 16.9. The van der Waals surface area contributed by atoms with Crippen LogP contribution < -0.4 is 11.1 Å². The van der Waals surface area contributed by atoms with Gasteiger partial charge >= 0.3 is 5.97 Å². The number of aliphatic hydroxyl groups is 5. The predicted molar refractivity (Wildman–Crippen MR) is 64.0 cm³/mol. The number of nitrogens with two attached hydrogens (primary N) is 1. The van der Waals surface area contributed by atoms with Crippen molar-refractivity contribution in [2.24, 2.45) is 16.6 Å². The Morgan fingerprint density at radius 2 is 1.95 bits per heavy atom. The van der Waals surface area contributed by atoms with E-state index in [-0.39, 0.29) is 5.96 Å². The van der Waals surface area contributed by atoms with Crippen LogP contribution in [0.1, 0.15) is 0 Å². The molecule has 4 heterocycles. The van der Waals surface area contributed by atoms with Crippen molar-refractivity contribution in [1.29, 1.82) is 0 Å². The molecule has 1 aliphatic carbocycles. The normalized spacial score (nSPS) is 61.2. The van der Waals surface area contributed by atoms with E-state index in [0.717, 1.165) is 0 Å². The molecule has 10 nitrogen and oxygen atoms in total. The van der Waals surface area contributed by atoms with Gasteiger partial charge in [0, 0.05) is 5.92 Å². The van der Waals surface area contributed by atoms with Gasteiger partial charge in [-0.3, -0.25) is 0 Å². The van der Waals surface area contributed by atoms with Gasteiger partial charge in [0.2, 0.25) is 0 Å². The van der Waals surface area contributed by atoms with Crippen molar-refractivity contribution < 1.29 is 35.0 Å². The van der Waals surface area contributed by atoms with E-state index in [1.807, 2.05) is 0 Å². The van der Waals surface area contributed by atoms with Gasteiger partial charge in [0.15, 0.2) is 12.1 Å². The third kappa shape index (κ3) is 1.26. The molecule has 8 atom stereocenters. The van der Waals surface area contributed by atoms with E-state index >= 15 is 0 Å². The molecule has 5 rings (SSSR count). The lowest BCUT2D eigenvalue weighted by atomic mass is 9.55. The number of nitrogens with one attached hydrogen (secondary N) is 1. The minimum absolute atomic E-state index is 0.0533. The first kappa shape index (κ1) is 13.6. The van der Waals surface area contributed by atoms with Crippen LogP contribution in [-0.4, -0.2) is 79.6 Å². The summed E-state index contributed by atoms with van der Waals surface area (Å²) in [4.78, 5) is 3.86. The van der Waals surface area contributed by atoms with Gasteiger partial charge in [0.1, 0.15) is 29.5 Å². The van der Waals surface area contributed by atoms with Crippen LogP contribution in [0.3, 0.4) is 0 Å². The van der Waals surface area contributed by atoms with E-state index in [1.54, 1.807) is 0 Å². The molecule has 0 amide bonds. The summed E-state index contributed by atoms with van der Waals surface area (Å²) >= 11 is 0. The number of nitrogens with zero attached hydrogens (tertiary/aromatic N) is 1. The highest BCUT2D eigenvalue weighted by Crippen LogP contribution is 2.58. The van der Waals surface area contributed by atoms with E-state index in [9.17, 15) is 25.5 Å². The highest BCUT2D eigenvalue weighted by molar-refractivity contribution is 5.80. The van der Waals surface area contributed by atoms with E-state index in [1.165, 1.54) is 6.54 Å². The molecule has 1 saturated carbocycles. The molecule has 0 aromatic carbocycles. The van der Waals surface area contributed by atoms with Crippen LogP contribution in [0.4, 0.5) is 0 Å². The van der Waals surface area contributed by atoms with Crippen molar-refractivity contribution in [3.8, 4) is 0 Å². The Morgan fingerprint density at radius 3 is 2.62 bits per heavy atom. The Kier molecular flexibility index (Phi) is 2.38.